The number of nitrogens with zero attached hydrogens (tertiary/aromatic N) is 1. The average molecular weight is 433 g/mol. The highest BCUT2D eigenvalue weighted by Gasteiger charge is 2.21. The fourth-order valence-electron chi connectivity index (χ4n) is 3.36. The Balaban J connectivity index is 1.48. The summed E-state index contributed by atoms with van der Waals surface area (Å²) in [7, 11) is -3.49. The van der Waals surface area contributed by atoms with Crippen molar-refractivity contribution in [2.24, 2.45) is 0 Å². The van der Waals surface area contributed by atoms with Crippen LogP contribution in [0.5, 0.6) is 11.5 Å². The molecule has 0 aromatic heterocycles. The van der Waals surface area contributed by atoms with E-state index in [4.69, 9.17) is 9.47 Å². The quantitative estimate of drug-likeness (QED) is 0.624. The molecule has 0 saturated carbocycles. The number of fused-ring (bicyclic) bond motifs is 1. The van der Waals surface area contributed by atoms with Crippen LogP contribution >= 0.6 is 0 Å². The third-order valence-corrected chi connectivity index (χ3v) is 6.12. The van der Waals surface area contributed by atoms with Gasteiger partial charge in [-0.3, -0.25) is 9.10 Å². The highest BCUT2D eigenvalue weighted by Crippen LogP contribution is 2.36. The minimum atomic E-state index is -3.49. The van der Waals surface area contributed by atoms with E-state index in [9.17, 15) is 13.2 Å². The van der Waals surface area contributed by atoms with Crippen LogP contribution < -0.4 is 19.1 Å². The number of hydrogen-bond acceptors (Lipinski definition) is 5. The summed E-state index contributed by atoms with van der Waals surface area (Å²) in [5, 5.41) is 2.99. The summed E-state index contributed by atoms with van der Waals surface area (Å²) in [6.07, 6.45) is 3.57. The van der Waals surface area contributed by atoms with Crippen LogP contribution in [-0.2, 0) is 21.2 Å². The lowest BCUT2D eigenvalue weighted by Crippen LogP contribution is -2.34. The summed E-state index contributed by atoms with van der Waals surface area (Å²) in [4.78, 5) is 12.3. The first-order valence-corrected chi connectivity index (χ1v) is 11.9. The Bertz CT molecular complexity index is 963. The van der Waals surface area contributed by atoms with Crippen molar-refractivity contribution < 1.29 is 22.7 Å². The molecule has 8 heteroatoms. The summed E-state index contributed by atoms with van der Waals surface area (Å²) in [5.41, 5.74) is 1.74. The van der Waals surface area contributed by atoms with Crippen molar-refractivity contribution >= 4 is 21.6 Å². The second kappa shape index (κ2) is 9.84. The topological polar surface area (TPSA) is 84.9 Å². The molecule has 1 atom stereocenters. The van der Waals surface area contributed by atoms with Crippen LogP contribution in [0.4, 0.5) is 5.69 Å². The molecule has 1 aliphatic rings. The molecule has 1 N–H and O–H groups in total. The van der Waals surface area contributed by atoms with Gasteiger partial charge in [-0.2, -0.15) is 0 Å². The van der Waals surface area contributed by atoms with Crippen molar-refractivity contribution in [3.05, 3.63) is 54.1 Å². The third-order valence-electron chi connectivity index (χ3n) is 4.93. The lowest BCUT2D eigenvalue weighted by Gasteiger charge is -2.22. The maximum Gasteiger partial charge on any atom is 0.232 e. The Labute approximate surface area is 178 Å². The van der Waals surface area contributed by atoms with Crippen LogP contribution in [0.3, 0.4) is 0 Å². The van der Waals surface area contributed by atoms with Gasteiger partial charge in [0, 0.05) is 25.1 Å². The first-order chi connectivity index (χ1) is 14.3. The van der Waals surface area contributed by atoms with Gasteiger partial charge >= 0.3 is 0 Å². The van der Waals surface area contributed by atoms with Crippen molar-refractivity contribution in [2.45, 2.75) is 38.6 Å². The van der Waals surface area contributed by atoms with Crippen molar-refractivity contribution in [3.8, 4) is 11.5 Å². The van der Waals surface area contributed by atoms with Gasteiger partial charge in [-0.05, 0) is 43.9 Å². The lowest BCUT2D eigenvalue weighted by molar-refractivity contribution is -0.121. The molecule has 1 aliphatic heterocycles. The monoisotopic (exact) mass is 432 g/mol. The molecule has 0 aliphatic carbocycles. The number of hydrogen-bond donors (Lipinski definition) is 1. The Kier molecular flexibility index (Phi) is 7.20. The van der Waals surface area contributed by atoms with E-state index in [-0.39, 0.29) is 31.7 Å². The molecule has 3 rings (SSSR count). The normalized spacial score (nSPS) is 13.7. The smallest absolute Gasteiger partial charge is 0.232 e. The van der Waals surface area contributed by atoms with Crippen LogP contribution in [0.25, 0.3) is 0 Å². The Morgan fingerprint density at radius 2 is 1.87 bits per heavy atom. The summed E-state index contributed by atoms with van der Waals surface area (Å²) < 4.78 is 36.4. The number of carbonyl (C=O) groups is 1. The second-order valence-corrected chi connectivity index (χ2v) is 9.38. The molecule has 2 aromatic rings. The van der Waals surface area contributed by atoms with Crippen molar-refractivity contribution in [2.75, 3.05) is 23.9 Å². The van der Waals surface area contributed by atoms with Crippen LogP contribution in [0.15, 0.2) is 48.5 Å². The minimum absolute atomic E-state index is 0.0533. The first kappa shape index (κ1) is 22.0. The van der Waals surface area contributed by atoms with Gasteiger partial charge < -0.3 is 14.8 Å². The molecule has 30 heavy (non-hydrogen) atoms. The maximum absolute atomic E-state index is 12.3. The van der Waals surface area contributed by atoms with Crippen LogP contribution in [-0.4, -0.2) is 40.0 Å². The lowest BCUT2D eigenvalue weighted by atomic mass is 10.1. The van der Waals surface area contributed by atoms with Crippen molar-refractivity contribution in [1.29, 1.82) is 0 Å². The van der Waals surface area contributed by atoms with Crippen LogP contribution in [0, 0.1) is 0 Å². The largest absolute Gasteiger partial charge is 0.454 e. The molecule has 7 nitrogen and oxygen atoms in total. The number of amides is 1. The maximum atomic E-state index is 12.3. The fourth-order valence-corrected chi connectivity index (χ4v) is 4.31. The summed E-state index contributed by atoms with van der Waals surface area (Å²) in [5.74, 6) is 1.04. The van der Waals surface area contributed by atoms with Crippen LogP contribution in [0.1, 0.15) is 31.7 Å². The number of benzene rings is 2. The van der Waals surface area contributed by atoms with Gasteiger partial charge in [0.1, 0.15) is 0 Å². The number of ether oxygens (including phenoxy) is 2. The summed E-state index contributed by atoms with van der Waals surface area (Å²) >= 11 is 0. The minimum Gasteiger partial charge on any atom is -0.454 e. The van der Waals surface area contributed by atoms with Gasteiger partial charge in [-0.1, -0.05) is 30.3 Å². The van der Waals surface area contributed by atoms with Crippen LogP contribution in [0.2, 0.25) is 0 Å². The van der Waals surface area contributed by atoms with E-state index in [2.05, 4.69) is 17.4 Å². The molecule has 0 fully saturated rings. The highest BCUT2D eigenvalue weighted by atomic mass is 32.2. The molecule has 0 saturated heterocycles. The van der Waals surface area contributed by atoms with Crippen molar-refractivity contribution in [1.82, 2.24) is 5.32 Å². The SMILES string of the molecule is C[C@H](CCc1ccccc1)NC(=O)CCCN(c1ccc2c(c1)OCO2)S(C)(=O)=O. The van der Waals surface area contributed by atoms with E-state index in [1.54, 1.807) is 18.2 Å². The fraction of sp³-hybridized carbons (Fsp3) is 0.409. The summed E-state index contributed by atoms with van der Waals surface area (Å²) in [6, 6.07) is 15.2. The molecular formula is C22H28N2O5S. The molecule has 1 heterocycles. The molecule has 1 amide bonds. The van der Waals surface area contributed by atoms with Gasteiger partial charge in [0.05, 0.1) is 11.9 Å². The second-order valence-electron chi connectivity index (χ2n) is 7.47. The zero-order valence-corrected chi connectivity index (χ0v) is 18.2. The average Bonchev–Trinajstić information content (AvgIpc) is 3.17. The zero-order chi connectivity index (χ0) is 21.6. The van der Waals surface area contributed by atoms with Gasteiger partial charge in [-0.15, -0.1) is 0 Å². The zero-order valence-electron chi connectivity index (χ0n) is 17.3. The molecule has 0 bridgehead atoms. The number of nitrogens with one attached hydrogen (secondary N) is 1. The van der Waals surface area contributed by atoms with E-state index in [0.29, 0.717) is 23.6 Å². The molecular weight excluding hydrogens is 404 g/mol. The number of rotatable bonds is 10. The molecule has 2 aromatic carbocycles. The van der Waals surface area contributed by atoms with Gasteiger partial charge in [0.25, 0.3) is 0 Å². The van der Waals surface area contributed by atoms with Crippen molar-refractivity contribution in [3.63, 3.8) is 0 Å². The van der Waals surface area contributed by atoms with E-state index >= 15 is 0 Å². The number of sulfonamides is 1. The van der Waals surface area contributed by atoms with Gasteiger partial charge in [-0.25, -0.2) is 8.42 Å². The first-order valence-electron chi connectivity index (χ1n) is 10.0. The molecule has 0 radical (unpaired) electrons. The predicted octanol–water partition coefficient (Wildman–Crippen LogP) is 3.10. The van der Waals surface area contributed by atoms with E-state index in [0.717, 1.165) is 19.1 Å². The van der Waals surface area contributed by atoms with Gasteiger partial charge in [0.2, 0.25) is 22.7 Å². The Morgan fingerprint density at radius 1 is 1.13 bits per heavy atom. The Morgan fingerprint density at radius 3 is 2.60 bits per heavy atom. The highest BCUT2D eigenvalue weighted by molar-refractivity contribution is 7.92. The van der Waals surface area contributed by atoms with E-state index in [1.807, 2.05) is 25.1 Å². The standard InChI is InChI=1S/C22H28N2O5S/c1-17(10-11-18-7-4-3-5-8-18)23-22(25)9-6-14-24(30(2,26)27)19-12-13-20-21(15-19)29-16-28-20/h3-5,7-8,12-13,15,17H,6,9-11,14,16H2,1-2H3,(H,23,25)/t17-/m1/s1. The number of anilines is 1. The Hall–Kier alpha value is -2.74. The number of carbonyl (C=O) groups excluding carboxylic acids is 1. The van der Waals surface area contributed by atoms with E-state index < -0.39 is 10.0 Å². The van der Waals surface area contributed by atoms with Gasteiger partial charge in [0.15, 0.2) is 11.5 Å². The molecule has 0 unspecified atom stereocenters. The molecule has 0 spiro atoms. The summed E-state index contributed by atoms with van der Waals surface area (Å²) in [6.45, 7) is 2.32. The number of aryl methyl sites for hydroxylation is 1. The molecule has 162 valence electrons. The predicted molar refractivity (Wildman–Crippen MR) is 116 cm³/mol. The van der Waals surface area contributed by atoms with E-state index in [1.165, 1.54) is 9.87 Å². The third kappa shape index (κ3) is 6.13.